The highest BCUT2D eigenvalue weighted by atomic mass is 16.5. The van der Waals surface area contributed by atoms with Gasteiger partial charge in [-0.25, -0.2) is 0 Å². The lowest BCUT2D eigenvalue weighted by atomic mass is 10.2. The first kappa shape index (κ1) is 18.4. The first-order valence-corrected chi connectivity index (χ1v) is 8.10. The summed E-state index contributed by atoms with van der Waals surface area (Å²) in [4.78, 5) is 4.21. The summed E-state index contributed by atoms with van der Waals surface area (Å²) in [6.45, 7) is 1.76. The largest absolute Gasteiger partial charge is 0.493 e. The van der Waals surface area contributed by atoms with Crippen LogP contribution in [0.4, 0.5) is 0 Å². The van der Waals surface area contributed by atoms with Crippen LogP contribution in [0, 0.1) is 0 Å². The maximum Gasteiger partial charge on any atom is 0.191 e. The fourth-order valence-corrected chi connectivity index (χ4v) is 2.35. The van der Waals surface area contributed by atoms with E-state index in [0.717, 1.165) is 17.1 Å². The first-order chi connectivity index (χ1) is 12.3. The predicted molar refractivity (Wildman–Crippen MR) is 99.7 cm³/mol. The van der Waals surface area contributed by atoms with Crippen LogP contribution < -0.4 is 24.8 Å². The molecule has 25 heavy (non-hydrogen) atoms. The fraction of sp³-hybridized carbons (Fsp3) is 0.316. The molecule has 0 saturated heterocycles. The van der Waals surface area contributed by atoms with E-state index in [-0.39, 0.29) is 0 Å². The zero-order valence-electron chi connectivity index (χ0n) is 14.9. The number of hydrogen-bond donors (Lipinski definition) is 2. The van der Waals surface area contributed by atoms with Gasteiger partial charge >= 0.3 is 0 Å². The van der Waals surface area contributed by atoms with Crippen LogP contribution in [0.25, 0.3) is 0 Å². The summed E-state index contributed by atoms with van der Waals surface area (Å²) in [7, 11) is 4.99. The Morgan fingerprint density at radius 3 is 2.44 bits per heavy atom. The molecular weight excluding hydrogens is 318 g/mol. The number of nitrogens with one attached hydrogen (secondary N) is 2. The molecular formula is C19H25N3O3. The minimum atomic E-state index is 0.549. The topological polar surface area (TPSA) is 64.1 Å². The molecule has 0 radical (unpaired) electrons. The number of ether oxygens (including phenoxy) is 3. The molecule has 0 heterocycles. The zero-order chi connectivity index (χ0) is 17.9. The molecule has 134 valence electrons. The van der Waals surface area contributed by atoms with Gasteiger partial charge < -0.3 is 24.8 Å². The average molecular weight is 343 g/mol. The van der Waals surface area contributed by atoms with E-state index in [0.29, 0.717) is 31.4 Å². The summed E-state index contributed by atoms with van der Waals surface area (Å²) in [5.74, 6) is 2.98. The van der Waals surface area contributed by atoms with Crippen molar-refractivity contribution in [1.29, 1.82) is 0 Å². The highest BCUT2D eigenvalue weighted by Gasteiger charge is 2.09. The van der Waals surface area contributed by atoms with Crippen molar-refractivity contribution in [2.75, 3.05) is 34.4 Å². The van der Waals surface area contributed by atoms with Crippen LogP contribution in [0.3, 0.4) is 0 Å². The second-order valence-electron chi connectivity index (χ2n) is 5.17. The van der Waals surface area contributed by atoms with Gasteiger partial charge in [-0.05, 0) is 18.2 Å². The Morgan fingerprint density at radius 1 is 0.960 bits per heavy atom. The van der Waals surface area contributed by atoms with Gasteiger partial charge in [-0.1, -0.05) is 30.3 Å². The Bertz CT molecular complexity index is 675. The van der Waals surface area contributed by atoms with Gasteiger partial charge in [0.25, 0.3) is 0 Å². The Hall–Kier alpha value is -2.89. The van der Waals surface area contributed by atoms with Crippen molar-refractivity contribution in [2.24, 2.45) is 4.99 Å². The molecule has 0 spiro atoms. The summed E-state index contributed by atoms with van der Waals surface area (Å²) in [6.07, 6.45) is 0. The summed E-state index contributed by atoms with van der Waals surface area (Å²) >= 11 is 0. The van der Waals surface area contributed by atoms with Gasteiger partial charge in [-0.3, -0.25) is 4.99 Å². The third-order valence-corrected chi connectivity index (χ3v) is 3.56. The number of rotatable bonds is 8. The number of guanidine groups is 1. The van der Waals surface area contributed by atoms with Crippen LogP contribution in [0.15, 0.2) is 53.5 Å². The molecule has 6 heteroatoms. The fourth-order valence-electron chi connectivity index (χ4n) is 2.35. The normalized spacial score (nSPS) is 10.9. The van der Waals surface area contributed by atoms with E-state index < -0.39 is 0 Å². The van der Waals surface area contributed by atoms with Gasteiger partial charge in [0.1, 0.15) is 12.4 Å². The van der Waals surface area contributed by atoms with Crippen LogP contribution in [0.2, 0.25) is 0 Å². The van der Waals surface area contributed by atoms with E-state index in [4.69, 9.17) is 14.2 Å². The Labute approximate surface area is 148 Å². The van der Waals surface area contributed by atoms with E-state index in [9.17, 15) is 0 Å². The lowest BCUT2D eigenvalue weighted by molar-refractivity contribution is 0.322. The molecule has 0 atom stereocenters. The maximum atomic E-state index is 5.65. The van der Waals surface area contributed by atoms with E-state index >= 15 is 0 Å². The van der Waals surface area contributed by atoms with Gasteiger partial charge in [0.2, 0.25) is 0 Å². The van der Waals surface area contributed by atoms with Crippen molar-refractivity contribution in [1.82, 2.24) is 10.6 Å². The number of methoxy groups -OCH3 is 2. The average Bonchev–Trinajstić information content (AvgIpc) is 2.67. The second-order valence-corrected chi connectivity index (χ2v) is 5.17. The van der Waals surface area contributed by atoms with Crippen LogP contribution >= 0.6 is 0 Å². The van der Waals surface area contributed by atoms with Gasteiger partial charge in [0, 0.05) is 19.2 Å². The van der Waals surface area contributed by atoms with E-state index in [1.54, 1.807) is 21.3 Å². The predicted octanol–water partition coefficient (Wildman–Crippen LogP) is 2.45. The monoisotopic (exact) mass is 343 g/mol. The Balaban J connectivity index is 1.81. The number of nitrogens with zero attached hydrogens (tertiary/aromatic N) is 1. The van der Waals surface area contributed by atoms with Crippen LogP contribution in [-0.4, -0.2) is 40.4 Å². The number of hydrogen-bond acceptors (Lipinski definition) is 4. The lowest BCUT2D eigenvalue weighted by Crippen LogP contribution is -2.38. The summed E-state index contributed by atoms with van der Waals surface area (Å²) in [6, 6.07) is 15.5. The third-order valence-electron chi connectivity index (χ3n) is 3.56. The third kappa shape index (κ3) is 5.60. The van der Waals surface area contributed by atoms with Crippen molar-refractivity contribution in [3.05, 3.63) is 54.1 Å². The Morgan fingerprint density at radius 2 is 1.76 bits per heavy atom. The highest BCUT2D eigenvalue weighted by molar-refractivity contribution is 5.79. The van der Waals surface area contributed by atoms with E-state index in [1.165, 1.54) is 0 Å². The van der Waals surface area contributed by atoms with Gasteiger partial charge in [0.05, 0.1) is 20.8 Å². The molecule has 2 rings (SSSR count). The van der Waals surface area contributed by atoms with Crippen LogP contribution in [-0.2, 0) is 6.54 Å². The molecule has 0 aliphatic heterocycles. The maximum absolute atomic E-state index is 5.65. The van der Waals surface area contributed by atoms with Crippen LogP contribution in [0.5, 0.6) is 17.2 Å². The quantitative estimate of drug-likeness (QED) is 0.438. The first-order valence-electron chi connectivity index (χ1n) is 8.10. The standard InChI is InChI=1S/C19H25N3O3/c1-20-19(21-12-13-25-16-9-5-4-6-10-16)22-14-15-8-7-11-17(23-2)18(15)24-3/h4-11H,12-14H2,1-3H3,(H2,20,21,22). The van der Waals surface area contributed by atoms with Crippen molar-refractivity contribution >= 4 is 5.96 Å². The zero-order valence-corrected chi connectivity index (χ0v) is 14.9. The smallest absolute Gasteiger partial charge is 0.191 e. The molecule has 0 fully saturated rings. The molecule has 2 aromatic rings. The molecule has 0 unspecified atom stereocenters. The number of aliphatic imine (C=N–C) groups is 1. The van der Waals surface area contributed by atoms with E-state index in [2.05, 4.69) is 15.6 Å². The van der Waals surface area contributed by atoms with Crippen molar-refractivity contribution in [3.63, 3.8) is 0 Å². The van der Waals surface area contributed by atoms with Gasteiger partial charge in [-0.15, -0.1) is 0 Å². The minimum Gasteiger partial charge on any atom is -0.493 e. The summed E-state index contributed by atoms with van der Waals surface area (Å²) < 4.78 is 16.4. The molecule has 0 aromatic heterocycles. The highest BCUT2D eigenvalue weighted by Crippen LogP contribution is 2.30. The molecule has 0 aliphatic carbocycles. The molecule has 2 N–H and O–H groups in total. The molecule has 0 aliphatic rings. The van der Waals surface area contributed by atoms with Gasteiger partial charge in [-0.2, -0.15) is 0 Å². The molecule has 6 nitrogen and oxygen atoms in total. The van der Waals surface area contributed by atoms with Crippen LogP contribution in [0.1, 0.15) is 5.56 Å². The number of benzene rings is 2. The second kappa shape index (κ2) is 10.1. The van der Waals surface area contributed by atoms with E-state index in [1.807, 2.05) is 48.5 Å². The van der Waals surface area contributed by atoms with Gasteiger partial charge in [0.15, 0.2) is 17.5 Å². The van der Waals surface area contributed by atoms with Crippen molar-refractivity contribution in [2.45, 2.75) is 6.54 Å². The minimum absolute atomic E-state index is 0.549. The molecule has 0 saturated carbocycles. The molecule has 2 aromatic carbocycles. The molecule has 0 amide bonds. The summed E-state index contributed by atoms with van der Waals surface area (Å²) in [5, 5.41) is 6.48. The van der Waals surface area contributed by atoms with Crippen molar-refractivity contribution in [3.8, 4) is 17.2 Å². The SMILES string of the molecule is CN=C(NCCOc1ccccc1)NCc1cccc(OC)c1OC. The summed E-state index contributed by atoms with van der Waals surface area (Å²) in [5.41, 5.74) is 0.991. The Kier molecular flexibility index (Phi) is 7.43. The number of para-hydroxylation sites is 2. The van der Waals surface area contributed by atoms with Crippen molar-refractivity contribution < 1.29 is 14.2 Å². The molecule has 0 bridgehead atoms. The lowest BCUT2D eigenvalue weighted by Gasteiger charge is -2.15.